The van der Waals surface area contributed by atoms with E-state index in [9.17, 15) is 14.0 Å². The lowest BCUT2D eigenvalue weighted by Crippen LogP contribution is -2.51. The van der Waals surface area contributed by atoms with Gasteiger partial charge in [-0.1, -0.05) is 52.3 Å². The van der Waals surface area contributed by atoms with Gasteiger partial charge in [-0.3, -0.25) is 9.59 Å². The zero-order valence-corrected chi connectivity index (χ0v) is 17.1. The van der Waals surface area contributed by atoms with E-state index < -0.39 is 29.2 Å². The Morgan fingerprint density at radius 3 is 2.60 bits per heavy atom. The Labute approximate surface area is 180 Å². The molecule has 5 rings (SSSR count). The Hall–Kier alpha value is -3.19. The number of amides is 2. The van der Waals surface area contributed by atoms with Crippen LogP contribution in [0.4, 0.5) is 10.1 Å². The number of nitrogens with one attached hydrogen (secondary N) is 1. The van der Waals surface area contributed by atoms with Crippen LogP contribution < -0.4 is 15.8 Å². The molecular weight excluding hydrogens is 451 g/mol. The van der Waals surface area contributed by atoms with E-state index in [4.69, 9.17) is 10.5 Å². The van der Waals surface area contributed by atoms with Crippen LogP contribution in [0.5, 0.6) is 5.75 Å². The molecule has 0 saturated heterocycles. The highest BCUT2D eigenvalue weighted by Crippen LogP contribution is 2.56. The van der Waals surface area contributed by atoms with Crippen molar-refractivity contribution in [3.05, 3.63) is 93.7 Å². The van der Waals surface area contributed by atoms with E-state index in [-0.39, 0.29) is 11.5 Å². The molecule has 0 aromatic heterocycles. The van der Waals surface area contributed by atoms with E-state index in [0.717, 1.165) is 4.47 Å². The molecule has 0 fully saturated rings. The Morgan fingerprint density at radius 2 is 1.83 bits per heavy atom. The molecule has 5 nitrogen and oxygen atoms in total. The maximum Gasteiger partial charge on any atom is 0.243 e. The topological polar surface area (TPSA) is 81.4 Å². The van der Waals surface area contributed by atoms with Crippen molar-refractivity contribution < 1.29 is 18.7 Å². The SMILES string of the molecule is NC(=O)C(c1ccccc1F)C1Oc2ccc(Br)cc2[C@@]12C(=O)Nc1ccccc12. The molecule has 30 heavy (non-hydrogen) atoms. The second-order valence-corrected chi connectivity index (χ2v) is 8.30. The third-order valence-electron chi connectivity index (χ3n) is 5.85. The minimum atomic E-state index is -1.35. The zero-order chi connectivity index (χ0) is 21.0. The van der Waals surface area contributed by atoms with E-state index >= 15 is 0 Å². The number of primary amides is 1. The normalized spacial score (nSPS) is 22.2. The van der Waals surface area contributed by atoms with E-state index in [1.807, 2.05) is 18.2 Å². The van der Waals surface area contributed by atoms with Gasteiger partial charge in [0.05, 0.1) is 0 Å². The average Bonchev–Trinajstić information content (AvgIpc) is 3.20. The number of carbonyl (C=O) groups excluding carboxylic acids is 2. The summed E-state index contributed by atoms with van der Waals surface area (Å²) in [5.41, 5.74) is 6.41. The fourth-order valence-electron chi connectivity index (χ4n) is 4.63. The second-order valence-electron chi connectivity index (χ2n) is 7.39. The second kappa shape index (κ2) is 6.67. The van der Waals surface area contributed by atoms with E-state index in [1.165, 1.54) is 18.2 Å². The molecule has 3 N–H and O–H groups in total. The number of benzene rings is 3. The molecule has 0 bridgehead atoms. The van der Waals surface area contributed by atoms with Crippen LogP contribution in [0, 0.1) is 5.82 Å². The first-order chi connectivity index (χ1) is 14.4. The highest BCUT2D eigenvalue weighted by Gasteiger charge is 2.63. The lowest BCUT2D eigenvalue weighted by atomic mass is 9.67. The van der Waals surface area contributed by atoms with E-state index in [2.05, 4.69) is 21.2 Å². The number of hydrogen-bond donors (Lipinski definition) is 2. The van der Waals surface area contributed by atoms with Gasteiger partial charge in [-0.25, -0.2) is 4.39 Å². The molecular formula is C23H16BrFN2O3. The van der Waals surface area contributed by atoms with E-state index in [1.54, 1.807) is 30.3 Å². The third-order valence-corrected chi connectivity index (χ3v) is 6.35. The summed E-state index contributed by atoms with van der Waals surface area (Å²) >= 11 is 3.46. The largest absolute Gasteiger partial charge is 0.487 e. The monoisotopic (exact) mass is 466 g/mol. The predicted molar refractivity (Wildman–Crippen MR) is 113 cm³/mol. The minimum Gasteiger partial charge on any atom is -0.487 e. The van der Waals surface area contributed by atoms with Crippen molar-refractivity contribution in [1.29, 1.82) is 0 Å². The summed E-state index contributed by atoms with van der Waals surface area (Å²) in [5, 5.41) is 2.90. The van der Waals surface area contributed by atoms with Crippen LogP contribution in [0.3, 0.4) is 0 Å². The van der Waals surface area contributed by atoms with Crippen LogP contribution in [0.15, 0.2) is 71.2 Å². The minimum absolute atomic E-state index is 0.0958. The van der Waals surface area contributed by atoms with Gasteiger partial charge in [-0.05, 0) is 35.9 Å². The molecule has 0 radical (unpaired) electrons. The van der Waals surface area contributed by atoms with Crippen LogP contribution in [0.2, 0.25) is 0 Å². The summed E-state index contributed by atoms with van der Waals surface area (Å²) in [6, 6.07) is 18.5. The summed E-state index contributed by atoms with van der Waals surface area (Å²) in [6.45, 7) is 0. The van der Waals surface area contributed by atoms with Crippen LogP contribution in [-0.2, 0) is 15.0 Å². The molecule has 2 aliphatic rings. The van der Waals surface area contributed by atoms with Gasteiger partial charge in [0.15, 0.2) is 0 Å². The number of rotatable bonds is 3. The maximum absolute atomic E-state index is 14.7. The molecule has 3 atom stereocenters. The Morgan fingerprint density at radius 1 is 1.10 bits per heavy atom. The molecule has 1 spiro atoms. The molecule has 3 aromatic rings. The number of nitrogens with two attached hydrogens (primary N) is 1. The smallest absolute Gasteiger partial charge is 0.243 e. The summed E-state index contributed by atoms with van der Waals surface area (Å²) in [6.07, 6.45) is -1.06. The van der Waals surface area contributed by atoms with Crippen molar-refractivity contribution in [2.75, 3.05) is 5.32 Å². The average molecular weight is 467 g/mol. The lowest BCUT2D eigenvalue weighted by molar-refractivity contribution is -0.125. The van der Waals surface area contributed by atoms with Gasteiger partial charge in [0.2, 0.25) is 11.8 Å². The number of carbonyl (C=O) groups is 2. The molecule has 150 valence electrons. The zero-order valence-electron chi connectivity index (χ0n) is 15.6. The Balaban J connectivity index is 1.82. The Bertz CT molecular complexity index is 1210. The maximum atomic E-state index is 14.7. The van der Waals surface area contributed by atoms with Gasteiger partial charge in [0.1, 0.15) is 29.0 Å². The standard InChI is InChI=1S/C23H16BrFN2O3/c24-12-9-10-18-15(11-12)23(14-6-2-4-8-17(14)27-22(23)29)20(30-18)19(21(26)28)13-5-1-3-7-16(13)25/h1-11,19-20H,(H2,26,28)(H,27,29)/t19?,20?,23-/m1/s1. The molecule has 3 aromatic carbocycles. The quantitative estimate of drug-likeness (QED) is 0.614. The van der Waals surface area contributed by atoms with Crippen molar-refractivity contribution in [3.8, 4) is 5.75 Å². The lowest BCUT2D eigenvalue weighted by Gasteiger charge is -2.33. The summed E-state index contributed by atoms with van der Waals surface area (Å²) in [7, 11) is 0. The predicted octanol–water partition coefficient (Wildman–Crippen LogP) is 3.86. The molecule has 2 unspecified atom stereocenters. The third kappa shape index (κ3) is 2.45. The van der Waals surface area contributed by atoms with Gasteiger partial charge in [-0.15, -0.1) is 0 Å². The van der Waals surface area contributed by atoms with Crippen LogP contribution >= 0.6 is 15.9 Å². The number of anilines is 1. The first kappa shape index (κ1) is 18.8. The van der Waals surface area contributed by atoms with E-state index in [0.29, 0.717) is 22.6 Å². The number of hydrogen-bond acceptors (Lipinski definition) is 3. The molecule has 0 aliphatic carbocycles. The van der Waals surface area contributed by atoms with Gasteiger partial charge in [-0.2, -0.15) is 0 Å². The number of ether oxygens (including phenoxy) is 1. The van der Waals surface area contributed by atoms with Crippen molar-refractivity contribution in [2.45, 2.75) is 17.4 Å². The molecule has 2 amide bonds. The summed E-state index contributed by atoms with van der Waals surface area (Å²) in [4.78, 5) is 26.2. The molecule has 0 saturated carbocycles. The highest BCUT2D eigenvalue weighted by atomic mass is 79.9. The fraction of sp³-hybridized carbons (Fsp3) is 0.130. The van der Waals surface area contributed by atoms with Gasteiger partial charge < -0.3 is 15.8 Å². The van der Waals surface area contributed by atoms with Crippen LogP contribution in [0.1, 0.15) is 22.6 Å². The van der Waals surface area contributed by atoms with Crippen molar-refractivity contribution >= 4 is 33.4 Å². The van der Waals surface area contributed by atoms with Crippen molar-refractivity contribution in [1.82, 2.24) is 0 Å². The molecule has 2 aliphatic heterocycles. The number of halogens is 2. The van der Waals surface area contributed by atoms with Gasteiger partial charge in [0, 0.05) is 21.3 Å². The molecule has 2 heterocycles. The summed E-state index contributed by atoms with van der Waals surface area (Å²) < 4.78 is 21.7. The highest BCUT2D eigenvalue weighted by molar-refractivity contribution is 9.10. The fourth-order valence-corrected chi connectivity index (χ4v) is 4.99. The number of fused-ring (bicyclic) bond motifs is 4. The summed E-state index contributed by atoms with van der Waals surface area (Å²) in [5.74, 6) is -2.42. The first-order valence-corrected chi connectivity index (χ1v) is 10.1. The van der Waals surface area contributed by atoms with Crippen LogP contribution in [0.25, 0.3) is 0 Å². The molecule has 7 heteroatoms. The number of para-hydroxylation sites is 1. The van der Waals surface area contributed by atoms with Gasteiger partial charge in [0.25, 0.3) is 0 Å². The van der Waals surface area contributed by atoms with Gasteiger partial charge >= 0.3 is 0 Å². The van der Waals surface area contributed by atoms with Crippen LogP contribution in [-0.4, -0.2) is 17.9 Å². The Kier molecular flexibility index (Phi) is 4.18. The van der Waals surface area contributed by atoms with Crippen molar-refractivity contribution in [2.24, 2.45) is 5.73 Å². The van der Waals surface area contributed by atoms with Crippen molar-refractivity contribution in [3.63, 3.8) is 0 Å². The first-order valence-electron chi connectivity index (χ1n) is 9.36.